The highest BCUT2D eigenvalue weighted by atomic mass is 32.2. The van der Waals surface area contributed by atoms with Gasteiger partial charge in [0.2, 0.25) is 5.91 Å². The van der Waals surface area contributed by atoms with Gasteiger partial charge in [-0.3, -0.25) is 9.36 Å². The number of hydrogen-bond donors (Lipinski definition) is 1. The number of nitrogens with zero attached hydrogens (tertiary/aromatic N) is 3. The number of thioether (sulfide) groups is 1. The second-order valence-electron chi connectivity index (χ2n) is 6.69. The van der Waals surface area contributed by atoms with Crippen molar-refractivity contribution in [2.75, 3.05) is 5.75 Å². The van der Waals surface area contributed by atoms with Crippen LogP contribution in [0.4, 0.5) is 0 Å². The van der Waals surface area contributed by atoms with E-state index in [2.05, 4.69) is 22.1 Å². The smallest absolute Gasteiger partial charge is 0.230 e. The number of aryl methyl sites for hydroxylation is 1. The first kappa shape index (κ1) is 19.5. The van der Waals surface area contributed by atoms with Crippen LogP contribution in [0, 0.1) is 6.92 Å². The molecule has 6 nitrogen and oxygen atoms in total. The summed E-state index contributed by atoms with van der Waals surface area (Å²) in [5, 5.41) is 12.3. The van der Waals surface area contributed by atoms with Crippen molar-refractivity contribution in [1.82, 2.24) is 20.1 Å². The molecule has 0 radical (unpaired) electrons. The van der Waals surface area contributed by atoms with E-state index in [0.29, 0.717) is 30.1 Å². The number of allylic oxidation sites excluding steroid dienone is 1. The molecule has 1 aromatic carbocycles. The van der Waals surface area contributed by atoms with Gasteiger partial charge >= 0.3 is 0 Å². The first-order valence-electron chi connectivity index (χ1n) is 9.31. The van der Waals surface area contributed by atoms with Crippen molar-refractivity contribution in [3.8, 4) is 5.75 Å². The number of nitrogens with one attached hydrogen (secondary N) is 1. The van der Waals surface area contributed by atoms with Crippen molar-refractivity contribution in [1.29, 1.82) is 0 Å². The summed E-state index contributed by atoms with van der Waals surface area (Å²) in [4.78, 5) is 12.2. The summed E-state index contributed by atoms with van der Waals surface area (Å²) < 4.78 is 7.83. The van der Waals surface area contributed by atoms with E-state index in [4.69, 9.17) is 4.74 Å². The maximum Gasteiger partial charge on any atom is 0.230 e. The summed E-state index contributed by atoms with van der Waals surface area (Å²) >= 11 is 1.40. The highest BCUT2D eigenvalue weighted by molar-refractivity contribution is 7.99. The number of aromatic nitrogens is 3. The molecule has 3 rings (SSSR count). The summed E-state index contributed by atoms with van der Waals surface area (Å²) in [6, 6.07) is 8.21. The predicted molar refractivity (Wildman–Crippen MR) is 107 cm³/mol. The topological polar surface area (TPSA) is 69.0 Å². The zero-order chi connectivity index (χ0) is 19.1. The Morgan fingerprint density at radius 2 is 2.15 bits per heavy atom. The van der Waals surface area contributed by atoms with Gasteiger partial charge in [0, 0.05) is 12.6 Å². The molecule has 0 bridgehead atoms. The van der Waals surface area contributed by atoms with E-state index < -0.39 is 0 Å². The quantitative estimate of drug-likeness (QED) is 0.528. The lowest BCUT2D eigenvalue weighted by molar-refractivity contribution is -0.119. The lowest BCUT2D eigenvalue weighted by Crippen LogP contribution is -2.33. The molecule has 1 saturated carbocycles. The van der Waals surface area contributed by atoms with Gasteiger partial charge in [-0.15, -0.1) is 16.8 Å². The van der Waals surface area contributed by atoms with Gasteiger partial charge in [0.05, 0.1) is 5.75 Å². The lowest BCUT2D eigenvalue weighted by atomic mass is 10.2. The molecule has 1 aromatic heterocycles. The molecule has 0 saturated heterocycles. The fourth-order valence-corrected chi connectivity index (χ4v) is 3.95. The molecule has 0 spiro atoms. The molecule has 0 unspecified atom stereocenters. The molecule has 1 aliphatic rings. The van der Waals surface area contributed by atoms with Crippen LogP contribution in [0.25, 0.3) is 0 Å². The molecule has 2 aromatic rings. The van der Waals surface area contributed by atoms with Crippen LogP contribution in [0.2, 0.25) is 0 Å². The van der Waals surface area contributed by atoms with E-state index >= 15 is 0 Å². The third-order valence-electron chi connectivity index (χ3n) is 4.61. The molecule has 27 heavy (non-hydrogen) atoms. The van der Waals surface area contributed by atoms with Crippen molar-refractivity contribution in [3.05, 3.63) is 48.3 Å². The third-order valence-corrected chi connectivity index (χ3v) is 5.57. The van der Waals surface area contributed by atoms with Crippen molar-refractivity contribution in [3.63, 3.8) is 0 Å². The number of benzene rings is 1. The van der Waals surface area contributed by atoms with E-state index in [9.17, 15) is 4.79 Å². The van der Waals surface area contributed by atoms with Crippen LogP contribution >= 0.6 is 11.8 Å². The minimum Gasteiger partial charge on any atom is -0.485 e. The number of amides is 1. The van der Waals surface area contributed by atoms with Crippen LogP contribution in [-0.2, 0) is 17.9 Å². The van der Waals surface area contributed by atoms with Crippen molar-refractivity contribution in [2.45, 2.75) is 57.0 Å². The maximum atomic E-state index is 12.2. The fourth-order valence-electron chi connectivity index (χ4n) is 3.18. The highest BCUT2D eigenvalue weighted by Crippen LogP contribution is 2.21. The predicted octanol–water partition coefficient (Wildman–Crippen LogP) is 3.50. The highest BCUT2D eigenvalue weighted by Gasteiger charge is 2.18. The maximum absolute atomic E-state index is 12.2. The second kappa shape index (κ2) is 9.60. The summed E-state index contributed by atoms with van der Waals surface area (Å²) in [7, 11) is 0. The number of rotatable bonds is 9. The van der Waals surface area contributed by atoms with Crippen LogP contribution in [0.3, 0.4) is 0 Å². The van der Waals surface area contributed by atoms with Crippen LogP contribution in [-0.4, -0.2) is 32.5 Å². The summed E-state index contributed by atoms with van der Waals surface area (Å²) in [6.45, 7) is 6.71. The fraction of sp³-hybridized carbons (Fsp3) is 0.450. The summed E-state index contributed by atoms with van der Waals surface area (Å²) in [6.07, 6.45) is 6.38. The molecular weight excluding hydrogens is 360 g/mol. The van der Waals surface area contributed by atoms with E-state index in [1.54, 1.807) is 6.08 Å². The Kier molecular flexibility index (Phi) is 6.92. The van der Waals surface area contributed by atoms with Gasteiger partial charge in [0.1, 0.15) is 12.4 Å². The number of carbonyl (C=O) groups excluding carboxylic acids is 1. The molecule has 1 amide bonds. The van der Waals surface area contributed by atoms with E-state index in [0.717, 1.165) is 30.0 Å². The Labute approximate surface area is 164 Å². The Bertz CT molecular complexity index is 784. The van der Waals surface area contributed by atoms with E-state index in [-0.39, 0.29) is 5.91 Å². The summed E-state index contributed by atoms with van der Waals surface area (Å²) in [5.74, 6) is 1.94. The van der Waals surface area contributed by atoms with E-state index in [1.165, 1.54) is 24.6 Å². The Morgan fingerprint density at radius 1 is 1.37 bits per heavy atom. The number of hydrogen-bond acceptors (Lipinski definition) is 5. The molecule has 0 atom stereocenters. The molecule has 1 heterocycles. The standard InChI is InChI=1S/C20H26N4O2S/c1-3-12-24-18(13-26-17-11-7-4-8-15(17)2)22-23-20(24)27-14-19(25)21-16-9-5-6-10-16/h3-4,7-8,11,16H,1,5-6,9-10,12-14H2,2H3,(H,21,25). The van der Waals surface area contributed by atoms with Crippen LogP contribution < -0.4 is 10.1 Å². The van der Waals surface area contributed by atoms with Gasteiger partial charge in [-0.2, -0.15) is 0 Å². The minimum atomic E-state index is 0.0535. The zero-order valence-corrected chi connectivity index (χ0v) is 16.5. The SMILES string of the molecule is C=CCn1c(COc2ccccc2C)nnc1SCC(=O)NC1CCCC1. The first-order valence-corrected chi connectivity index (χ1v) is 10.3. The molecule has 1 aliphatic carbocycles. The van der Waals surface area contributed by atoms with Gasteiger partial charge in [-0.1, -0.05) is 48.9 Å². The van der Waals surface area contributed by atoms with Gasteiger partial charge in [0.25, 0.3) is 0 Å². The number of carbonyl (C=O) groups is 1. The van der Waals surface area contributed by atoms with Gasteiger partial charge in [-0.05, 0) is 31.4 Å². The van der Waals surface area contributed by atoms with Crippen molar-refractivity contribution >= 4 is 17.7 Å². The molecule has 0 aliphatic heterocycles. The molecule has 7 heteroatoms. The first-order chi connectivity index (χ1) is 13.2. The molecular formula is C20H26N4O2S. The Balaban J connectivity index is 1.59. The largest absolute Gasteiger partial charge is 0.485 e. The molecule has 144 valence electrons. The zero-order valence-electron chi connectivity index (χ0n) is 15.7. The number of para-hydroxylation sites is 1. The molecule has 1 fully saturated rings. The minimum absolute atomic E-state index is 0.0535. The van der Waals surface area contributed by atoms with Crippen molar-refractivity contribution < 1.29 is 9.53 Å². The average molecular weight is 387 g/mol. The average Bonchev–Trinajstić information content (AvgIpc) is 3.30. The normalized spacial score (nSPS) is 14.3. The second-order valence-corrected chi connectivity index (χ2v) is 7.63. The van der Waals surface area contributed by atoms with Gasteiger partial charge in [0.15, 0.2) is 11.0 Å². The van der Waals surface area contributed by atoms with Crippen LogP contribution in [0.15, 0.2) is 42.1 Å². The van der Waals surface area contributed by atoms with Crippen molar-refractivity contribution in [2.24, 2.45) is 0 Å². The van der Waals surface area contributed by atoms with Gasteiger partial charge < -0.3 is 10.1 Å². The Morgan fingerprint density at radius 3 is 2.89 bits per heavy atom. The lowest BCUT2D eigenvalue weighted by Gasteiger charge is -2.12. The van der Waals surface area contributed by atoms with Crippen LogP contribution in [0.5, 0.6) is 5.75 Å². The number of ether oxygens (including phenoxy) is 1. The van der Waals surface area contributed by atoms with E-state index in [1.807, 2.05) is 35.8 Å². The third kappa shape index (κ3) is 5.35. The summed E-state index contributed by atoms with van der Waals surface area (Å²) in [5.41, 5.74) is 1.07. The van der Waals surface area contributed by atoms with Gasteiger partial charge in [-0.25, -0.2) is 0 Å². The van der Waals surface area contributed by atoms with Crippen LogP contribution in [0.1, 0.15) is 37.1 Å². The monoisotopic (exact) mass is 386 g/mol. The Hall–Kier alpha value is -2.28. The molecule has 1 N–H and O–H groups in total.